The SMILES string of the molecule is CC1CCC(C)N1C(=O)[C@@H]1CNCCO1. The van der Waals surface area contributed by atoms with Crippen LogP contribution < -0.4 is 5.32 Å². The summed E-state index contributed by atoms with van der Waals surface area (Å²) < 4.78 is 5.50. The molecule has 2 saturated heterocycles. The zero-order valence-corrected chi connectivity index (χ0v) is 9.53. The first kappa shape index (κ1) is 10.9. The third-order valence-corrected chi connectivity index (χ3v) is 3.41. The first-order chi connectivity index (χ1) is 7.20. The molecule has 0 spiro atoms. The normalized spacial score (nSPS) is 36.9. The Hall–Kier alpha value is -0.610. The summed E-state index contributed by atoms with van der Waals surface area (Å²) >= 11 is 0. The van der Waals surface area contributed by atoms with Gasteiger partial charge < -0.3 is 15.0 Å². The van der Waals surface area contributed by atoms with Gasteiger partial charge in [0.1, 0.15) is 6.10 Å². The lowest BCUT2D eigenvalue weighted by molar-refractivity contribution is -0.147. The van der Waals surface area contributed by atoms with Crippen LogP contribution in [0.2, 0.25) is 0 Å². The van der Waals surface area contributed by atoms with Crippen molar-refractivity contribution in [1.82, 2.24) is 10.2 Å². The van der Waals surface area contributed by atoms with Crippen molar-refractivity contribution in [3.05, 3.63) is 0 Å². The minimum Gasteiger partial charge on any atom is -0.366 e. The molecule has 15 heavy (non-hydrogen) atoms. The number of ether oxygens (including phenoxy) is 1. The molecular formula is C11H20N2O2. The van der Waals surface area contributed by atoms with Gasteiger partial charge in [-0.3, -0.25) is 4.79 Å². The zero-order chi connectivity index (χ0) is 10.8. The van der Waals surface area contributed by atoms with Gasteiger partial charge in [-0.15, -0.1) is 0 Å². The summed E-state index contributed by atoms with van der Waals surface area (Å²) in [6.07, 6.45) is 1.97. The molecule has 2 rings (SSSR count). The summed E-state index contributed by atoms with van der Waals surface area (Å²) in [4.78, 5) is 14.2. The number of hydrogen-bond acceptors (Lipinski definition) is 3. The number of morpholine rings is 1. The molecule has 0 bridgehead atoms. The van der Waals surface area contributed by atoms with Crippen molar-refractivity contribution in [3.63, 3.8) is 0 Å². The molecule has 2 unspecified atom stereocenters. The fourth-order valence-corrected chi connectivity index (χ4v) is 2.52. The summed E-state index contributed by atoms with van der Waals surface area (Å²) in [6.45, 7) is 6.41. The molecule has 0 saturated carbocycles. The molecule has 3 atom stereocenters. The Morgan fingerprint density at radius 1 is 1.33 bits per heavy atom. The molecule has 2 aliphatic rings. The monoisotopic (exact) mass is 212 g/mol. The first-order valence-corrected chi connectivity index (χ1v) is 5.84. The highest BCUT2D eigenvalue weighted by molar-refractivity contribution is 5.82. The molecule has 2 fully saturated rings. The Morgan fingerprint density at radius 2 is 2.00 bits per heavy atom. The van der Waals surface area contributed by atoms with E-state index in [4.69, 9.17) is 4.74 Å². The van der Waals surface area contributed by atoms with Crippen LogP contribution in [0.4, 0.5) is 0 Å². The first-order valence-electron chi connectivity index (χ1n) is 5.84. The molecule has 4 nitrogen and oxygen atoms in total. The van der Waals surface area contributed by atoms with Crippen molar-refractivity contribution in [3.8, 4) is 0 Å². The number of carbonyl (C=O) groups excluding carboxylic acids is 1. The third kappa shape index (κ3) is 2.16. The molecule has 2 aliphatic heterocycles. The summed E-state index contributed by atoms with van der Waals surface area (Å²) in [5, 5.41) is 3.20. The molecule has 1 N–H and O–H groups in total. The third-order valence-electron chi connectivity index (χ3n) is 3.41. The van der Waals surface area contributed by atoms with Gasteiger partial charge in [-0.25, -0.2) is 0 Å². The van der Waals surface area contributed by atoms with E-state index in [1.807, 2.05) is 4.90 Å². The number of nitrogens with one attached hydrogen (secondary N) is 1. The zero-order valence-electron chi connectivity index (χ0n) is 9.53. The topological polar surface area (TPSA) is 41.6 Å². The lowest BCUT2D eigenvalue weighted by Gasteiger charge is -2.32. The lowest BCUT2D eigenvalue weighted by atomic mass is 10.2. The highest BCUT2D eigenvalue weighted by Crippen LogP contribution is 2.24. The molecule has 0 aromatic carbocycles. The van der Waals surface area contributed by atoms with Gasteiger partial charge in [-0.05, 0) is 26.7 Å². The number of nitrogens with zero attached hydrogens (tertiary/aromatic N) is 1. The van der Waals surface area contributed by atoms with Gasteiger partial charge >= 0.3 is 0 Å². The van der Waals surface area contributed by atoms with Gasteiger partial charge in [0.25, 0.3) is 5.91 Å². The van der Waals surface area contributed by atoms with Crippen LogP contribution in [0.15, 0.2) is 0 Å². The maximum Gasteiger partial charge on any atom is 0.253 e. The smallest absolute Gasteiger partial charge is 0.253 e. The van der Waals surface area contributed by atoms with Crippen molar-refractivity contribution in [2.75, 3.05) is 19.7 Å². The minimum absolute atomic E-state index is 0.166. The molecule has 0 aromatic rings. The Bertz CT molecular complexity index is 229. The Balaban J connectivity index is 1.99. The van der Waals surface area contributed by atoms with Crippen LogP contribution in [0.3, 0.4) is 0 Å². The van der Waals surface area contributed by atoms with Gasteiger partial charge in [-0.2, -0.15) is 0 Å². The Labute approximate surface area is 91.0 Å². The van der Waals surface area contributed by atoms with E-state index >= 15 is 0 Å². The average Bonchev–Trinajstić information content (AvgIpc) is 2.59. The largest absolute Gasteiger partial charge is 0.366 e. The van der Waals surface area contributed by atoms with Crippen molar-refractivity contribution < 1.29 is 9.53 Å². The summed E-state index contributed by atoms with van der Waals surface area (Å²) in [5.74, 6) is 0.166. The molecule has 1 amide bonds. The van der Waals surface area contributed by atoms with Gasteiger partial charge in [0, 0.05) is 25.2 Å². The van der Waals surface area contributed by atoms with Gasteiger partial charge in [-0.1, -0.05) is 0 Å². The molecular weight excluding hydrogens is 192 g/mol. The van der Waals surface area contributed by atoms with E-state index in [0.29, 0.717) is 25.2 Å². The van der Waals surface area contributed by atoms with E-state index < -0.39 is 0 Å². The molecule has 0 radical (unpaired) electrons. The van der Waals surface area contributed by atoms with E-state index in [0.717, 1.165) is 19.4 Å². The number of hydrogen-bond donors (Lipinski definition) is 1. The minimum atomic E-state index is -0.262. The maximum atomic E-state index is 12.2. The highest BCUT2D eigenvalue weighted by atomic mass is 16.5. The molecule has 2 heterocycles. The van der Waals surface area contributed by atoms with Crippen molar-refractivity contribution >= 4 is 5.91 Å². The predicted octanol–water partition coefficient (Wildman–Crippen LogP) is 0.374. The second-order valence-electron chi connectivity index (χ2n) is 4.58. The Morgan fingerprint density at radius 3 is 2.53 bits per heavy atom. The summed E-state index contributed by atoms with van der Waals surface area (Å²) in [7, 11) is 0. The van der Waals surface area contributed by atoms with E-state index in [2.05, 4.69) is 19.2 Å². The second kappa shape index (κ2) is 4.49. The van der Waals surface area contributed by atoms with Crippen molar-refractivity contribution in [1.29, 1.82) is 0 Å². The quantitative estimate of drug-likeness (QED) is 0.683. The van der Waals surface area contributed by atoms with Crippen molar-refractivity contribution in [2.24, 2.45) is 0 Å². The molecule has 0 aliphatic carbocycles. The van der Waals surface area contributed by atoms with Crippen LogP contribution >= 0.6 is 0 Å². The van der Waals surface area contributed by atoms with Crippen LogP contribution in [0, 0.1) is 0 Å². The number of rotatable bonds is 1. The van der Waals surface area contributed by atoms with Crippen LogP contribution in [0.1, 0.15) is 26.7 Å². The average molecular weight is 212 g/mol. The Kier molecular flexibility index (Phi) is 3.26. The maximum absolute atomic E-state index is 12.2. The highest BCUT2D eigenvalue weighted by Gasteiger charge is 2.36. The van der Waals surface area contributed by atoms with Gasteiger partial charge in [0.15, 0.2) is 0 Å². The fourth-order valence-electron chi connectivity index (χ4n) is 2.52. The standard InChI is InChI=1S/C11H20N2O2/c1-8-3-4-9(2)13(8)11(14)10-7-12-5-6-15-10/h8-10,12H,3-7H2,1-2H3/t8?,9?,10-/m0/s1. The number of likely N-dealkylation sites (tertiary alicyclic amines) is 1. The number of amides is 1. The van der Waals surface area contributed by atoms with E-state index in [-0.39, 0.29) is 12.0 Å². The van der Waals surface area contributed by atoms with Gasteiger partial charge in [0.05, 0.1) is 6.61 Å². The molecule has 4 heteroatoms. The van der Waals surface area contributed by atoms with E-state index in [1.54, 1.807) is 0 Å². The number of carbonyl (C=O) groups is 1. The summed E-state index contributed by atoms with van der Waals surface area (Å²) in [5.41, 5.74) is 0. The van der Waals surface area contributed by atoms with Crippen molar-refractivity contribution in [2.45, 2.75) is 44.9 Å². The fraction of sp³-hybridized carbons (Fsp3) is 0.909. The van der Waals surface area contributed by atoms with Crippen LogP contribution in [-0.2, 0) is 9.53 Å². The second-order valence-corrected chi connectivity index (χ2v) is 4.58. The van der Waals surface area contributed by atoms with Crippen LogP contribution in [0.5, 0.6) is 0 Å². The van der Waals surface area contributed by atoms with Crippen LogP contribution in [-0.4, -0.2) is 48.7 Å². The molecule has 86 valence electrons. The predicted molar refractivity (Wildman–Crippen MR) is 57.6 cm³/mol. The lowest BCUT2D eigenvalue weighted by Crippen LogP contribution is -2.51. The molecule has 0 aromatic heterocycles. The summed E-state index contributed by atoms with van der Waals surface area (Å²) in [6, 6.07) is 0.746. The van der Waals surface area contributed by atoms with Gasteiger partial charge in [0.2, 0.25) is 0 Å². The van der Waals surface area contributed by atoms with Crippen LogP contribution in [0.25, 0.3) is 0 Å². The van der Waals surface area contributed by atoms with E-state index in [9.17, 15) is 4.79 Å². The van der Waals surface area contributed by atoms with E-state index in [1.165, 1.54) is 0 Å².